The Bertz CT molecular complexity index is 1310. The molecule has 1 aliphatic heterocycles. The van der Waals surface area contributed by atoms with Crippen molar-refractivity contribution in [3.05, 3.63) is 99.9 Å². The highest BCUT2D eigenvalue weighted by atomic mass is 32.2. The molecule has 10 heteroatoms. The van der Waals surface area contributed by atoms with E-state index in [1.165, 1.54) is 40.7 Å². The van der Waals surface area contributed by atoms with Crippen LogP contribution in [0.1, 0.15) is 15.9 Å². The molecule has 0 aromatic heterocycles. The van der Waals surface area contributed by atoms with Crippen LogP contribution < -0.4 is 4.90 Å². The minimum absolute atomic E-state index is 0.0840. The van der Waals surface area contributed by atoms with E-state index in [1.54, 1.807) is 35.2 Å². The molecule has 0 aliphatic carbocycles. The summed E-state index contributed by atoms with van der Waals surface area (Å²) in [6, 6.07) is 17.6. The summed E-state index contributed by atoms with van der Waals surface area (Å²) in [5.74, 6) is -0.966. The largest absolute Gasteiger partial charge is 0.363 e. The summed E-state index contributed by atoms with van der Waals surface area (Å²) in [5.41, 5.74) is 0.713. The number of hydrogen-bond acceptors (Lipinski definition) is 6. The number of piperazine rings is 1. The second-order valence-electron chi connectivity index (χ2n) is 7.50. The minimum atomic E-state index is -3.88. The van der Waals surface area contributed by atoms with Gasteiger partial charge in [0.2, 0.25) is 10.0 Å². The standard InChI is InChI=1S/C23H20FN3O5S/c24-19-7-4-8-20(16-19)33(31,32)26-13-11-25(12-14-26)21-10-9-18(15-22(21)27(29)30)23(28)17-5-2-1-3-6-17/h1-10,15-16H,11-14H2. The first-order valence-electron chi connectivity index (χ1n) is 10.2. The maximum atomic E-state index is 13.5. The number of nitrogens with zero attached hydrogens (tertiary/aromatic N) is 3. The highest BCUT2D eigenvalue weighted by molar-refractivity contribution is 7.89. The van der Waals surface area contributed by atoms with E-state index < -0.39 is 20.8 Å². The van der Waals surface area contributed by atoms with Crippen molar-refractivity contribution in [2.75, 3.05) is 31.1 Å². The SMILES string of the molecule is O=C(c1ccccc1)c1ccc(N2CCN(S(=O)(=O)c3cccc(F)c3)CC2)c([N+](=O)[O-])c1. The summed E-state index contributed by atoms with van der Waals surface area (Å²) in [6.45, 7) is 0.587. The van der Waals surface area contributed by atoms with Crippen LogP contribution in [0.3, 0.4) is 0 Å². The normalized spacial score (nSPS) is 14.8. The van der Waals surface area contributed by atoms with E-state index in [9.17, 15) is 27.7 Å². The molecular weight excluding hydrogens is 449 g/mol. The molecule has 4 rings (SSSR count). The zero-order chi connectivity index (χ0) is 23.6. The molecule has 0 saturated carbocycles. The lowest BCUT2D eigenvalue weighted by Gasteiger charge is -2.35. The Hall–Kier alpha value is -3.63. The predicted octanol–water partition coefficient (Wildman–Crippen LogP) is 3.48. The van der Waals surface area contributed by atoms with Crippen LogP contribution in [0, 0.1) is 15.9 Å². The molecule has 0 atom stereocenters. The van der Waals surface area contributed by atoms with E-state index in [0.717, 1.165) is 6.07 Å². The Morgan fingerprint density at radius 1 is 0.879 bits per heavy atom. The summed E-state index contributed by atoms with van der Waals surface area (Å²) < 4.78 is 40.3. The number of nitro groups is 1. The van der Waals surface area contributed by atoms with Gasteiger partial charge in [-0.25, -0.2) is 12.8 Å². The van der Waals surface area contributed by atoms with Gasteiger partial charge in [0.05, 0.1) is 9.82 Å². The number of anilines is 1. The number of carbonyl (C=O) groups is 1. The van der Waals surface area contributed by atoms with E-state index in [2.05, 4.69) is 0 Å². The first-order valence-corrected chi connectivity index (χ1v) is 11.6. The fourth-order valence-corrected chi connectivity index (χ4v) is 5.23. The van der Waals surface area contributed by atoms with Gasteiger partial charge in [0.25, 0.3) is 5.69 Å². The van der Waals surface area contributed by atoms with E-state index >= 15 is 0 Å². The minimum Gasteiger partial charge on any atom is -0.363 e. The topological polar surface area (TPSA) is 101 Å². The Morgan fingerprint density at radius 3 is 2.21 bits per heavy atom. The molecule has 1 saturated heterocycles. The van der Waals surface area contributed by atoms with Crippen molar-refractivity contribution in [3.8, 4) is 0 Å². The van der Waals surface area contributed by atoms with Crippen LogP contribution in [0.2, 0.25) is 0 Å². The maximum absolute atomic E-state index is 13.5. The monoisotopic (exact) mass is 469 g/mol. The maximum Gasteiger partial charge on any atom is 0.293 e. The van der Waals surface area contributed by atoms with Crippen molar-refractivity contribution in [3.63, 3.8) is 0 Å². The smallest absolute Gasteiger partial charge is 0.293 e. The van der Waals surface area contributed by atoms with Gasteiger partial charge in [0.1, 0.15) is 11.5 Å². The molecule has 0 unspecified atom stereocenters. The van der Waals surface area contributed by atoms with Crippen molar-refractivity contribution in [2.45, 2.75) is 4.90 Å². The van der Waals surface area contributed by atoms with Gasteiger partial charge in [-0.2, -0.15) is 4.31 Å². The number of sulfonamides is 1. The summed E-state index contributed by atoms with van der Waals surface area (Å²) in [4.78, 5) is 25.5. The van der Waals surface area contributed by atoms with E-state index in [0.29, 0.717) is 11.3 Å². The van der Waals surface area contributed by atoms with Crippen molar-refractivity contribution in [1.82, 2.24) is 4.31 Å². The van der Waals surface area contributed by atoms with Crippen LogP contribution in [0.15, 0.2) is 77.7 Å². The van der Waals surface area contributed by atoms with Gasteiger partial charge in [-0.3, -0.25) is 14.9 Å². The van der Waals surface area contributed by atoms with E-state index in [1.807, 2.05) is 0 Å². The summed E-state index contributed by atoms with van der Waals surface area (Å²) in [6.07, 6.45) is 0. The average molecular weight is 469 g/mol. The molecule has 0 spiro atoms. The second kappa shape index (κ2) is 9.08. The number of halogens is 1. The molecule has 1 fully saturated rings. The lowest BCUT2D eigenvalue weighted by atomic mass is 10.0. The number of hydrogen-bond donors (Lipinski definition) is 0. The summed E-state index contributed by atoms with van der Waals surface area (Å²) in [5, 5.41) is 11.7. The fourth-order valence-electron chi connectivity index (χ4n) is 3.78. The number of rotatable bonds is 6. The Balaban J connectivity index is 1.54. The highest BCUT2D eigenvalue weighted by Crippen LogP contribution is 2.31. The number of benzene rings is 3. The highest BCUT2D eigenvalue weighted by Gasteiger charge is 2.31. The summed E-state index contributed by atoms with van der Waals surface area (Å²) >= 11 is 0. The van der Waals surface area contributed by atoms with E-state index in [-0.39, 0.29) is 48.1 Å². The van der Waals surface area contributed by atoms with Gasteiger partial charge in [0, 0.05) is 43.4 Å². The first-order chi connectivity index (χ1) is 15.8. The van der Waals surface area contributed by atoms with Gasteiger partial charge in [0.15, 0.2) is 5.78 Å². The molecule has 3 aromatic carbocycles. The Labute approximate surface area is 190 Å². The number of carbonyl (C=O) groups excluding carboxylic acids is 1. The van der Waals surface area contributed by atoms with Crippen molar-refractivity contribution >= 4 is 27.2 Å². The fraction of sp³-hybridized carbons (Fsp3) is 0.174. The molecule has 0 amide bonds. The van der Waals surface area contributed by atoms with E-state index in [4.69, 9.17) is 0 Å². The third kappa shape index (κ3) is 4.62. The van der Waals surface area contributed by atoms with Crippen LogP contribution in [0.5, 0.6) is 0 Å². The molecule has 170 valence electrons. The van der Waals surface area contributed by atoms with Gasteiger partial charge in [-0.05, 0) is 30.3 Å². The number of nitro benzene ring substituents is 1. The molecule has 0 radical (unpaired) electrons. The lowest BCUT2D eigenvalue weighted by Crippen LogP contribution is -2.48. The van der Waals surface area contributed by atoms with Crippen LogP contribution in [0.4, 0.5) is 15.8 Å². The molecule has 1 heterocycles. The third-order valence-electron chi connectivity index (χ3n) is 5.48. The molecule has 0 bridgehead atoms. The van der Waals surface area contributed by atoms with Crippen LogP contribution >= 0.6 is 0 Å². The van der Waals surface area contributed by atoms with Gasteiger partial charge in [-0.1, -0.05) is 36.4 Å². The van der Waals surface area contributed by atoms with Crippen LogP contribution in [0.25, 0.3) is 0 Å². The van der Waals surface area contributed by atoms with Crippen molar-refractivity contribution < 1.29 is 22.5 Å². The zero-order valence-electron chi connectivity index (χ0n) is 17.4. The molecule has 3 aromatic rings. The van der Waals surface area contributed by atoms with Gasteiger partial charge >= 0.3 is 0 Å². The average Bonchev–Trinajstić information content (AvgIpc) is 2.84. The Kier molecular flexibility index (Phi) is 6.21. The molecule has 0 N–H and O–H groups in total. The van der Waals surface area contributed by atoms with Gasteiger partial charge < -0.3 is 4.90 Å². The number of ketones is 1. The molecule has 8 nitrogen and oxygen atoms in total. The van der Waals surface area contributed by atoms with Crippen LogP contribution in [-0.2, 0) is 10.0 Å². The zero-order valence-corrected chi connectivity index (χ0v) is 18.2. The van der Waals surface area contributed by atoms with Gasteiger partial charge in [-0.15, -0.1) is 0 Å². The second-order valence-corrected chi connectivity index (χ2v) is 9.44. The molecule has 33 heavy (non-hydrogen) atoms. The first kappa shape index (κ1) is 22.6. The third-order valence-corrected chi connectivity index (χ3v) is 7.38. The van der Waals surface area contributed by atoms with Crippen LogP contribution in [-0.4, -0.2) is 49.6 Å². The Morgan fingerprint density at radius 2 is 1.58 bits per heavy atom. The molecule has 1 aliphatic rings. The van der Waals surface area contributed by atoms with Crippen molar-refractivity contribution in [1.29, 1.82) is 0 Å². The quantitative estimate of drug-likeness (QED) is 0.311. The predicted molar refractivity (Wildman–Crippen MR) is 120 cm³/mol. The lowest BCUT2D eigenvalue weighted by molar-refractivity contribution is -0.384. The summed E-state index contributed by atoms with van der Waals surface area (Å²) in [7, 11) is -3.88. The van der Waals surface area contributed by atoms with Crippen molar-refractivity contribution in [2.24, 2.45) is 0 Å². The molecular formula is C23H20FN3O5S.